The topological polar surface area (TPSA) is 72.2 Å². The van der Waals surface area contributed by atoms with E-state index in [0.717, 1.165) is 12.8 Å². The van der Waals surface area contributed by atoms with Crippen molar-refractivity contribution in [3.8, 4) is 0 Å². The summed E-state index contributed by atoms with van der Waals surface area (Å²) in [6.45, 7) is 11.7. The Morgan fingerprint density at radius 1 is 1.40 bits per heavy atom. The highest BCUT2D eigenvalue weighted by Gasteiger charge is 2.41. The Morgan fingerprint density at radius 3 is 2.30 bits per heavy atom. The lowest BCUT2D eigenvalue weighted by Gasteiger charge is -2.28. The second-order valence-corrected chi connectivity index (χ2v) is 7.09. The summed E-state index contributed by atoms with van der Waals surface area (Å²) in [7, 11) is 0. The van der Waals surface area contributed by atoms with Crippen LogP contribution in [-0.2, 0) is 9.59 Å². The van der Waals surface area contributed by atoms with Crippen molar-refractivity contribution in [2.45, 2.75) is 52.5 Å². The van der Waals surface area contributed by atoms with Gasteiger partial charge in [-0.1, -0.05) is 13.0 Å². The normalized spacial score (nSPS) is 24.6. The molecule has 4 heteroatoms. The van der Waals surface area contributed by atoms with Crippen LogP contribution in [0.25, 0.3) is 0 Å². The van der Waals surface area contributed by atoms with E-state index < -0.39 is 11.8 Å². The van der Waals surface area contributed by atoms with E-state index >= 15 is 0 Å². The Morgan fingerprint density at radius 2 is 1.95 bits per heavy atom. The van der Waals surface area contributed by atoms with Crippen molar-refractivity contribution >= 4 is 11.8 Å². The number of carbonyl (C=O) groups excluding carboxylic acids is 2. The molecule has 1 rings (SSSR count). The summed E-state index contributed by atoms with van der Waals surface area (Å²) in [6, 6.07) is 0. The minimum Gasteiger partial charge on any atom is -0.369 e. The van der Waals surface area contributed by atoms with Crippen molar-refractivity contribution in [3.05, 3.63) is 12.7 Å². The lowest BCUT2D eigenvalue weighted by atomic mass is 9.83. The molecule has 4 unspecified atom stereocenters. The first-order chi connectivity index (χ1) is 9.15. The molecule has 2 amide bonds. The van der Waals surface area contributed by atoms with E-state index in [0.29, 0.717) is 18.3 Å². The third-order valence-corrected chi connectivity index (χ3v) is 3.94. The SMILES string of the molecule is C=CCC(C(N)=O)C(CC1CC1C)C(=O)NC(C)(C)C. The first-order valence-corrected chi connectivity index (χ1v) is 7.38. The number of nitrogens with two attached hydrogens (primary N) is 1. The Hall–Kier alpha value is -1.32. The molecule has 4 nitrogen and oxygen atoms in total. The van der Waals surface area contributed by atoms with Crippen LogP contribution >= 0.6 is 0 Å². The number of amides is 2. The maximum atomic E-state index is 12.5. The Kier molecular flexibility index (Phi) is 5.37. The molecule has 3 N–H and O–H groups in total. The van der Waals surface area contributed by atoms with Crippen molar-refractivity contribution in [2.24, 2.45) is 29.4 Å². The molecule has 0 saturated heterocycles. The molecule has 0 bridgehead atoms. The zero-order valence-electron chi connectivity index (χ0n) is 13.1. The van der Waals surface area contributed by atoms with Gasteiger partial charge < -0.3 is 11.1 Å². The van der Waals surface area contributed by atoms with Gasteiger partial charge in [0.2, 0.25) is 11.8 Å². The molecule has 1 saturated carbocycles. The summed E-state index contributed by atoms with van der Waals surface area (Å²) in [6.07, 6.45) is 4.01. The van der Waals surface area contributed by atoms with E-state index in [1.807, 2.05) is 20.8 Å². The molecule has 0 radical (unpaired) electrons. The summed E-state index contributed by atoms with van der Waals surface area (Å²) >= 11 is 0. The van der Waals surface area contributed by atoms with Crippen LogP contribution < -0.4 is 11.1 Å². The van der Waals surface area contributed by atoms with Gasteiger partial charge in [-0.25, -0.2) is 0 Å². The predicted octanol–water partition coefficient (Wildman–Crippen LogP) is 2.24. The van der Waals surface area contributed by atoms with Crippen molar-refractivity contribution in [1.82, 2.24) is 5.32 Å². The Bertz CT molecular complexity index is 384. The van der Waals surface area contributed by atoms with Crippen LogP contribution in [0.1, 0.15) is 47.0 Å². The monoisotopic (exact) mass is 280 g/mol. The van der Waals surface area contributed by atoms with Crippen LogP contribution in [0.15, 0.2) is 12.7 Å². The third-order valence-electron chi connectivity index (χ3n) is 3.94. The molecule has 114 valence electrons. The second-order valence-electron chi connectivity index (χ2n) is 7.09. The quantitative estimate of drug-likeness (QED) is 0.702. The van der Waals surface area contributed by atoms with E-state index in [1.54, 1.807) is 6.08 Å². The highest BCUT2D eigenvalue weighted by Crippen LogP contribution is 2.44. The molecule has 0 spiro atoms. The van der Waals surface area contributed by atoms with E-state index in [2.05, 4.69) is 18.8 Å². The van der Waals surface area contributed by atoms with Crippen molar-refractivity contribution < 1.29 is 9.59 Å². The average molecular weight is 280 g/mol. The molecule has 0 aromatic carbocycles. The van der Waals surface area contributed by atoms with Gasteiger partial charge in [-0.15, -0.1) is 6.58 Å². The number of allylic oxidation sites excluding steroid dienone is 1. The zero-order chi connectivity index (χ0) is 15.5. The lowest BCUT2D eigenvalue weighted by Crippen LogP contribution is -2.47. The number of primary amides is 1. The molecular weight excluding hydrogens is 252 g/mol. The molecular formula is C16H28N2O2. The van der Waals surface area contributed by atoms with Crippen LogP contribution in [0.5, 0.6) is 0 Å². The fourth-order valence-corrected chi connectivity index (χ4v) is 2.63. The summed E-state index contributed by atoms with van der Waals surface area (Å²) in [5.74, 6) is -0.0913. The first-order valence-electron chi connectivity index (χ1n) is 7.38. The number of hydrogen-bond acceptors (Lipinski definition) is 2. The van der Waals surface area contributed by atoms with Crippen LogP contribution in [0, 0.1) is 23.7 Å². The average Bonchev–Trinajstić information content (AvgIpc) is 2.96. The van der Waals surface area contributed by atoms with Crippen LogP contribution in [0.2, 0.25) is 0 Å². The molecule has 20 heavy (non-hydrogen) atoms. The van der Waals surface area contributed by atoms with Gasteiger partial charge in [0.25, 0.3) is 0 Å². The van der Waals surface area contributed by atoms with Gasteiger partial charge in [0.1, 0.15) is 0 Å². The highest BCUT2D eigenvalue weighted by atomic mass is 16.2. The Balaban J connectivity index is 2.84. The summed E-state index contributed by atoms with van der Waals surface area (Å²) < 4.78 is 0. The van der Waals surface area contributed by atoms with Gasteiger partial charge in [0, 0.05) is 5.54 Å². The highest BCUT2D eigenvalue weighted by molar-refractivity contribution is 5.87. The van der Waals surface area contributed by atoms with Gasteiger partial charge >= 0.3 is 0 Å². The largest absolute Gasteiger partial charge is 0.369 e. The number of rotatable bonds is 7. The first kappa shape index (κ1) is 16.7. The van der Waals surface area contributed by atoms with Gasteiger partial charge in [0.05, 0.1) is 11.8 Å². The Labute approximate surface area is 122 Å². The maximum absolute atomic E-state index is 12.5. The molecule has 1 aliphatic carbocycles. The van der Waals surface area contributed by atoms with Crippen molar-refractivity contribution in [1.29, 1.82) is 0 Å². The fourth-order valence-electron chi connectivity index (χ4n) is 2.63. The summed E-state index contributed by atoms with van der Waals surface area (Å²) in [4.78, 5) is 24.2. The van der Waals surface area contributed by atoms with Crippen molar-refractivity contribution in [3.63, 3.8) is 0 Å². The fraction of sp³-hybridized carbons (Fsp3) is 0.750. The smallest absolute Gasteiger partial charge is 0.224 e. The molecule has 0 aliphatic heterocycles. The van der Waals surface area contributed by atoms with Crippen LogP contribution in [0.4, 0.5) is 0 Å². The number of carbonyl (C=O) groups is 2. The third kappa shape index (κ3) is 4.99. The molecule has 0 heterocycles. The maximum Gasteiger partial charge on any atom is 0.224 e. The van der Waals surface area contributed by atoms with Gasteiger partial charge in [-0.3, -0.25) is 9.59 Å². The van der Waals surface area contributed by atoms with Crippen LogP contribution in [-0.4, -0.2) is 17.4 Å². The summed E-state index contributed by atoms with van der Waals surface area (Å²) in [5, 5.41) is 2.98. The number of nitrogens with one attached hydrogen (secondary N) is 1. The van der Waals surface area contributed by atoms with E-state index in [1.165, 1.54) is 0 Å². The van der Waals surface area contributed by atoms with Gasteiger partial charge in [-0.05, 0) is 51.9 Å². The van der Waals surface area contributed by atoms with Crippen molar-refractivity contribution in [2.75, 3.05) is 0 Å². The minimum atomic E-state index is -0.456. The zero-order valence-corrected chi connectivity index (χ0v) is 13.1. The molecule has 0 aromatic rings. The lowest BCUT2D eigenvalue weighted by molar-refractivity contribution is -0.134. The predicted molar refractivity (Wildman–Crippen MR) is 80.8 cm³/mol. The van der Waals surface area contributed by atoms with E-state index in [-0.39, 0.29) is 17.4 Å². The molecule has 4 atom stereocenters. The molecule has 1 fully saturated rings. The summed E-state index contributed by atoms with van der Waals surface area (Å²) in [5.41, 5.74) is 5.18. The van der Waals surface area contributed by atoms with Gasteiger partial charge in [-0.2, -0.15) is 0 Å². The van der Waals surface area contributed by atoms with Gasteiger partial charge in [0.15, 0.2) is 0 Å². The minimum absolute atomic E-state index is 0.0674. The molecule has 0 aromatic heterocycles. The molecule has 1 aliphatic rings. The number of hydrogen-bond donors (Lipinski definition) is 2. The van der Waals surface area contributed by atoms with Crippen LogP contribution in [0.3, 0.4) is 0 Å². The van der Waals surface area contributed by atoms with E-state index in [4.69, 9.17) is 5.73 Å². The second kappa shape index (κ2) is 6.42. The van der Waals surface area contributed by atoms with E-state index in [9.17, 15) is 9.59 Å². The standard InChI is InChI=1S/C16H28N2O2/c1-6-7-12(14(17)19)13(9-11-8-10(11)2)15(20)18-16(3,4)5/h6,10-13H,1,7-9H2,2-5H3,(H2,17,19)(H,18,20).